The number of ether oxygens (including phenoxy) is 1. The molecule has 0 bridgehead atoms. The summed E-state index contributed by atoms with van der Waals surface area (Å²) < 4.78 is 4.96. The lowest BCUT2D eigenvalue weighted by atomic mass is 10.1. The Hall–Kier alpha value is -1.85. The molecule has 0 aromatic rings. The van der Waals surface area contributed by atoms with Gasteiger partial charge in [-0.1, -0.05) is 6.08 Å². The summed E-state index contributed by atoms with van der Waals surface area (Å²) in [6, 6.07) is -1.14. The number of rotatable bonds is 6. The van der Waals surface area contributed by atoms with Gasteiger partial charge in [0.1, 0.15) is 11.6 Å². The number of carboxylic acid groups (broad SMARTS) is 1. The summed E-state index contributed by atoms with van der Waals surface area (Å²) in [7, 11) is 0. The molecule has 0 radical (unpaired) electrons. The molecule has 0 spiro atoms. The molecule has 0 aromatic heterocycles. The van der Waals surface area contributed by atoms with Gasteiger partial charge in [-0.25, -0.2) is 9.59 Å². The van der Waals surface area contributed by atoms with Crippen molar-refractivity contribution >= 4 is 17.8 Å². The van der Waals surface area contributed by atoms with Crippen LogP contribution in [0.25, 0.3) is 0 Å². The van der Waals surface area contributed by atoms with E-state index in [4.69, 9.17) is 9.84 Å². The van der Waals surface area contributed by atoms with Crippen molar-refractivity contribution in [1.82, 2.24) is 5.32 Å². The van der Waals surface area contributed by atoms with E-state index in [0.717, 1.165) is 0 Å². The monoisotopic (exact) mass is 271 g/mol. The predicted molar refractivity (Wildman–Crippen MR) is 69.8 cm³/mol. The van der Waals surface area contributed by atoms with Gasteiger partial charge in [0.2, 0.25) is 0 Å². The molecule has 0 aromatic carbocycles. The quantitative estimate of drug-likeness (QED) is 0.720. The molecular weight excluding hydrogens is 250 g/mol. The lowest BCUT2D eigenvalue weighted by Crippen LogP contribution is -2.43. The van der Waals surface area contributed by atoms with Crippen molar-refractivity contribution in [2.45, 2.75) is 52.2 Å². The highest BCUT2D eigenvalue weighted by Gasteiger charge is 2.24. The first-order valence-electron chi connectivity index (χ1n) is 6.03. The second-order valence-electron chi connectivity index (χ2n) is 5.04. The third-order valence-corrected chi connectivity index (χ3v) is 2.02. The van der Waals surface area contributed by atoms with Gasteiger partial charge in [-0.15, -0.1) is 0 Å². The van der Waals surface area contributed by atoms with Crippen molar-refractivity contribution in [3.63, 3.8) is 0 Å². The van der Waals surface area contributed by atoms with Crippen LogP contribution in [-0.2, 0) is 14.3 Å². The molecule has 2 N–H and O–H groups in total. The van der Waals surface area contributed by atoms with Gasteiger partial charge in [-0.05, 0) is 40.2 Å². The van der Waals surface area contributed by atoms with Gasteiger partial charge in [-0.3, -0.25) is 4.79 Å². The summed E-state index contributed by atoms with van der Waals surface area (Å²) in [6.07, 6.45) is 2.22. The molecule has 0 aliphatic rings. The fraction of sp³-hybridized carbons (Fsp3) is 0.615. The Labute approximate surface area is 112 Å². The third kappa shape index (κ3) is 8.82. The highest BCUT2D eigenvalue weighted by Crippen LogP contribution is 2.08. The van der Waals surface area contributed by atoms with Crippen LogP contribution in [0, 0.1) is 0 Å². The van der Waals surface area contributed by atoms with Gasteiger partial charge >= 0.3 is 12.1 Å². The largest absolute Gasteiger partial charge is 0.480 e. The molecule has 1 atom stereocenters. The molecule has 1 amide bonds. The Morgan fingerprint density at radius 1 is 1.32 bits per heavy atom. The molecule has 108 valence electrons. The first-order valence-corrected chi connectivity index (χ1v) is 6.03. The minimum atomic E-state index is -1.20. The zero-order valence-corrected chi connectivity index (χ0v) is 11.7. The van der Waals surface area contributed by atoms with Crippen molar-refractivity contribution in [2.24, 2.45) is 0 Å². The molecule has 0 heterocycles. The van der Waals surface area contributed by atoms with Gasteiger partial charge < -0.3 is 15.2 Å². The summed E-state index contributed by atoms with van der Waals surface area (Å²) in [6.45, 7) is 6.74. The van der Waals surface area contributed by atoms with E-state index >= 15 is 0 Å². The van der Waals surface area contributed by atoms with Crippen LogP contribution in [0.4, 0.5) is 4.79 Å². The van der Waals surface area contributed by atoms with E-state index in [2.05, 4.69) is 5.32 Å². The lowest BCUT2D eigenvalue weighted by Gasteiger charge is -2.21. The number of carboxylic acids is 1. The van der Waals surface area contributed by atoms with Crippen LogP contribution < -0.4 is 5.32 Å². The Morgan fingerprint density at radius 3 is 2.32 bits per heavy atom. The number of nitrogens with one attached hydrogen (secondary N) is 1. The van der Waals surface area contributed by atoms with Gasteiger partial charge in [0.15, 0.2) is 5.78 Å². The highest BCUT2D eigenvalue weighted by atomic mass is 16.6. The number of ketones is 1. The van der Waals surface area contributed by atoms with Gasteiger partial charge in [0.25, 0.3) is 0 Å². The fourth-order valence-corrected chi connectivity index (χ4v) is 1.26. The lowest BCUT2D eigenvalue weighted by molar-refractivity contribution is -0.139. The number of carbonyl (C=O) groups is 3. The Kier molecular flexibility index (Phi) is 6.82. The highest BCUT2D eigenvalue weighted by molar-refractivity contribution is 5.90. The number of hydrogen-bond acceptors (Lipinski definition) is 4. The maximum absolute atomic E-state index is 11.4. The molecule has 0 aliphatic heterocycles. The third-order valence-electron chi connectivity index (χ3n) is 2.02. The van der Waals surface area contributed by atoms with E-state index in [1.165, 1.54) is 6.08 Å². The number of amides is 1. The predicted octanol–water partition coefficient (Wildman–Crippen LogP) is 1.89. The number of allylic oxidation sites excluding steroid dienone is 2. The summed E-state index contributed by atoms with van der Waals surface area (Å²) in [5, 5.41) is 11.2. The first-order chi connectivity index (χ1) is 8.65. The van der Waals surface area contributed by atoms with Crippen LogP contribution in [0.1, 0.15) is 40.5 Å². The zero-order valence-electron chi connectivity index (χ0n) is 11.7. The molecule has 0 aliphatic carbocycles. The number of aliphatic carboxylic acids is 1. The maximum atomic E-state index is 11.4. The van der Waals surface area contributed by atoms with Crippen LogP contribution in [0.3, 0.4) is 0 Å². The maximum Gasteiger partial charge on any atom is 0.408 e. The topological polar surface area (TPSA) is 92.7 Å². The second kappa shape index (κ2) is 7.56. The summed E-state index contributed by atoms with van der Waals surface area (Å²) in [5.74, 6) is -1.38. The fourth-order valence-electron chi connectivity index (χ4n) is 1.26. The summed E-state index contributed by atoms with van der Waals surface area (Å²) in [5.41, 5.74) is -0.700. The van der Waals surface area contributed by atoms with Crippen LogP contribution in [0.5, 0.6) is 0 Å². The van der Waals surface area contributed by atoms with E-state index in [1.807, 2.05) is 0 Å². The molecule has 0 rings (SSSR count). The molecule has 0 unspecified atom stereocenters. The molecular formula is C13H21NO5. The van der Waals surface area contributed by atoms with Gasteiger partial charge in [-0.2, -0.15) is 0 Å². The Balaban J connectivity index is 4.39. The molecule has 19 heavy (non-hydrogen) atoms. The standard InChI is InChI=1S/C13H21NO5/c1-5-6-9(15)7-8-10(11(16)17)14-12(18)19-13(2,3)4/h5-6,10H,7-8H2,1-4H3,(H,14,18)(H,16,17)/b6-5+/t10-/m0/s1. The van der Waals surface area contributed by atoms with Crippen LogP contribution in [0.2, 0.25) is 0 Å². The Bertz CT molecular complexity index is 368. The van der Waals surface area contributed by atoms with E-state index in [-0.39, 0.29) is 18.6 Å². The van der Waals surface area contributed by atoms with Crippen molar-refractivity contribution in [3.05, 3.63) is 12.2 Å². The molecule has 0 fully saturated rings. The van der Waals surface area contributed by atoms with Crippen LogP contribution in [0.15, 0.2) is 12.2 Å². The summed E-state index contributed by atoms with van der Waals surface area (Å²) in [4.78, 5) is 33.7. The van der Waals surface area contributed by atoms with E-state index in [9.17, 15) is 14.4 Å². The minimum Gasteiger partial charge on any atom is -0.480 e. The summed E-state index contributed by atoms with van der Waals surface area (Å²) >= 11 is 0. The average molecular weight is 271 g/mol. The number of hydrogen-bond donors (Lipinski definition) is 2. The average Bonchev–Trinajstić information content (AvgIpc) is 2.21. The molecule has 0 saturated carbocycles. The van der Waals surface area contributed by atoms with Crippen molar-refractivity contribution < 1.29 is 24.2 Å². The van der Waals surface area contributed by atoms with Crippen molar-refractivity contribution in [3.8, 4) is 0 Å². The smallest absolute Gasteiger partial charge is 0.408 e. The molecule has 6 heteroatoms. The molecule has 6 nitrogen and oxygen atoms in total. The minimum absolute atomic E-state index is 0.0255. The van der Waals surface area contributed by atoms with E-state index < -0.39 is 23.7 Å². The number of carbonyl (C=O) groups excluding carboxylic acids is 2. The van der Waals surface area contributed by atoms with E-state index in [0.29, 0.717) is 0 Å². The first kappa shape index (κ1) is 17.2. The Morgan fingerprint density at radius 2 is 1.89 bits per heavy atom. The van der Waals surface area contributed by atoms with Gasteiger partial charge in [0, 0.05) is 6.42 Å². The zero-order chi connectivity index (χ0) is 15.1. The second-order valence-corrected chi connectivity index (χ2v) is 5.04. The normalized spacial score (nSPS) is 13.1. The van der Waals surface area contributed by atoms with E-state index in [1.54, 1.807) is 33.8 Å². The number of alkyl carbamates (subject to hydrolysis) is 1. The van der Waals surface area contributed by atoms with Crippen molar-refractivity contribution in [2.75, 3.05) is 0 Å². The van der Waals surface area contributed by atoms with Crippen molar-refractivity contribution in [1.29, 1.82) is 0 Å². The molecule has 0 saturated heterocycles. The van der Waals surface area contributed by atoms with Crippen LogP contribution >= 0.6 is 0 Å². The SMILES string of the molecule is C/C=C/C(=O)CC[C@H](NC(=O)OC(C)(C)C)C(=O)O. The van der Waals surface area contributed by atoms with Crippen LogP contribution in [-0.4, -0.2) is 34.6 Å². The van der Waals surface area contributed by atoms with Gasteiger partial charge in [0.05, 0.1) is 0 Å².